The normalized spacial score (nSPS) is 12.9. The van der Waals surface area contributed by atoms with Gasteiger partial charge in [0, 0.05) is 25.4 Å². The lowest BCUT2D eigenvalue weighted by Gasteiger charge is -2.09. The zero-order valence-corrected chi connectivity index (χ0v) is 9.31. The van der Waals surface area contributed by atoms with Crippen LogP contribution in [0, 0.1) is 0 Å². The predicted molar refractivity (Wildman–Crippen MR) is 58.4 cm³/mol. The summed E-state index contributed by atoms with van der Waals surface area (Å²) in [7, 11) is 0. The molecule has 2 aromatic heterocycles. The Morgan fingerprint density at radius 1 is 1.60 bits per heavy atom. The number of aryl methyl sites for hydroxylation is 1. The zero-order chi connectivity index (χ0) is 10.7. The molecule has 5 nitrogen and oxygen atoms in total. The SMILES string of the molecule is CCn1ccnc1CC(N)c1cnsn1. The van der Waals surface area contributed by atoms with E-state index in [1.54, 1.807) is 12.4 Å². The van der Waals surface area contributed by atoms with Gasteiger partial charge < -0.3 is 10.3 Å². The first kappa shape index (κ1) is 10.3. The number of aromatic nitrogens is 4. The molecule has 0 saturated heterocycles. The molecule has 2 N–H and O–H groups in total. The fraction of sp³-hybridized carbons (Fsp3) is 0.444. The first-order valence-electron chi connectivity index (χ1n) is 4.84. The van der Waals surface area contributed by atoms with Crippen LogP contribution < -0.4 is 5.73 Å². The van der Waals surface area contributed by atoms with Gasteiger partial charge in [-0.25, -0.2) is 4.98 Å². The average molecular weight is 223 g/mol. The van der Waals surface area contributed by atoms with Crippen LogP contribution in [-0.2, 0) is 13.0 Å². The molecule has 0 fully saturated rings. The van der Waals surface area contributed by atoms with E-state index in [0.717, 1.165) is 18.1 Å². The maximum Gasteiger partial charge on any atom is 0.110 e. The average Bonchev–Trinajstić information content (AvgIpc) is 2.87. The van der Waals surface area contributed by atoms with Crippen LogP contribution in [0.4, 0.5) is 0 Å². The van der Waals surface area contributed by atoms with E-state index in [1.165, 1.54) is 11.7 Å². The Hall–Kier alpha value is -1.27. The minimum absolute atomic E-state index is 0.114. The molecule has 2 heterocycles. The number of hydrogen-bond donors (Lipinski definition) is 1. The summed E-state index contributed by atoms with van der Waals surface area (Å²) >= 11 is 1.18. The third-order valence-electron chi connectivity index (χ3n) is 2.30. The molecule has 0 spiro atoms. The summed E-state index contributed by atoms with van der Waals surface area (Å²) in [5.41, 5.74) is 6.84. The summed E-state index contributed by atoms with van der Waals surface area (Å²) in [5, 5.41) is 0. The molecule has 0 bridgehead atoms. The topological polar surface area (TPSA) is 69.6 Å². The second-order valence-corrected chi connectivity index (χ2v) is 3.83. The van der Waals surface area contributed by atoms with E-state index < -0.39 is 0 Å². The molecule has 0 aliphatic heterocycles. The molecule has 6 heteroatoms. The Morgan fingerprint density at radius 2 is 2.47 bits per heavy atom. The Labute approximate surface area is 92.3 Å². The van der Waals surface area contributed by atoms with Gasteiger partial charge in [0.05, 0.1) is 29.7 Å². The van der Waals surface area contributed by atoms with Crippen LogP contribution in [0.3, 0.4) is 0 Å². The van der Waals surface area contributed by atoms with Crippen molar-refractivity contribution >= 4 is 11.7 Å². The maximum atomic E-state index is 6.01. The summed E-state index contributed by atoms with van der Waals surface area (Å²) < 4.78 is 10.1. The Balaban J connectivity index is 2.09. The third kappa shape index (κ3) is 2.21. The minimum Gasteiger partial charge on any atom is -0.335 e. The first-order valence-corrected chi connectivity index (χ1v) is 5.57. The molecule has 1 atom stereocenters. The molecule has 0 amide bonds. The molecule has 0 aliphatic carbocycles. The highest BCUT2D eigenvalue weighted by Gasteiger charge is 2.12. The molecular weight excluding hydrogens is 210 g/mol. The van der Waals surface area contributed by atoms with Gasteiger partial charge in [-0.1, -0.05) is 0 Å². The molecule has 0 radical (unpaired) electrons. The Bertz CT molecular complexity index is 408. The smallest absolute Gasteiger partial charge is 0.110 e. The van der Waals surface area contributed by atoms with E-state index >= 15 is 0 Å². The molecule has 2 rings (SSSR count). The van der Waals surface area contributed by atoms with E-state index in [4.69, 9.17) is 5.73 Å². The second kappa shape index (κ2) is 4.50. The van der Waals surface area contributed by atoms with Gasteiger partial charge in [-0.2, -0.15) is 8.75 Å². The number of nitrogens with two attached hydrogens (primary N) is 1. The molecular formula is C9H13N5S. The van der Waals surface area contributed by atoms with Crippen molar-refractivity contribution in [3.63, 3.8) is 0 Å². The molecule has 0 aromatic carbocycles. The van der Waals surface area contributed by atoms with Gasteiger partial charge in [0.25, 0.3) is 0 Å². The summed E-state index contributed by atoms with van der Waals surface area (Å²) in [5.74, 6) is 0.998. The number of hydrogen-bond acceptors (Lipinski definition) is 5. The van der Waals surface area contributed by atoms with E-state index in [9.17, 15) is 0 Å². The molecule has 0 saturated carbocycles. The standard InChI is InChI=1S/C9H13N5S/c1-2-14-4-3-11-9(14)5-7(10)8-6-12-15-13-8/h3-4,6-7H,2,5,10H2,1H3. The number of nitrogens with zero attached hydrogens (tertiary/aromatic N) is 4. The van der Waals surface area contributed by atoms with E-state index in [0.29, 0.717) is 6.42 Å². The van der Waals surface area contributed by atoms with Crippen molar-refractivity contribution in [3.8, 4) is 0 Å². The van der Waals surface area contributed by atoms with Crippen LogP contribution in [0.15, 0.2) is 18.6 Å². The second-order valence-electron chi connectivity index (χ2n) is 3.27. The van der Waals surface area contributed by atoms with Gasteiger partial charge in [0.2, 0.25) is 0 Å². The van der Waals surface area contributed by atoms with Crippen LogP contribution in [0.2, 0.25) is 0 Å². The highest BCUT2D eigenvalue weighted by Crippen LogP contribution is 2.13. The molecule has 15 heavy (non-hydrogen) atoms. The van der Waals surface area contributed by atoms with Gasteiger partial charge in [-0.3, -0.25) is 0 Å². The van der Waals surface area contributed by atoms with Crippen molar-refractivity contribution in [2.24, 2.45) is 5.73 Å². The van der Waals surface area contributed by atoms with Crippen LogP contribution in [0.1, 0.15) is 24.5 Å². The molecule has 1 unspecified atom stereocenters. The van der Waals surface area contributed by atoms with Gasteiger partial charge in [-0.05, 0) is 6.92 Å². The summed E-state index contributed by atoms with van der Waals surface area (Å²) in [6.07, 6.45) is 6.17. The van der Waals surface area contributed by atoms with Gasteiger partial charge >= 0.3 is 0 Å². The minimum atomic E-state index is -0.114. The van der Waals surface area contributed by atoms with Gasteiger partial charge in [-0.15, -0.1) is 0 Å². The fourth-order valence-corrected chi connectivity index (χ4v) is 1.93. The summed E-state index contributed by atoms with van der Waals surface area (Å²) in [6, 6.07) is -0.114. The van der Waals surface area contributed by atoms with Crippen LogP contribution in [0.25, 0.3) is 0 Å². The Kier molecular flexibility index (Phi) is 3.08. The lowest BCUT2D eigenvalue weighted by atomic mass is 10.1. The zero-order valence-electron chi connectivity index (χ0n) is 8.50. The summed E-state index contributed by atoms with van der Waals surface area (Å²) in [6.45, 7) is 3.00. The number of imidazole rings is 1. The van der Waals surface area contributed by atoms with Crippen molar-refractivity contribution < 1.29 is 0 Å². The summed E-state index contributed by atoms with van der Waals surface area (Å²) in [4.78, 5) is 4.28. The van der Waals surface area contributed by atoms with Crippen molar-refractivity contribution in [2.45, 2.75) is 25.9 Å². The number of rotatable bonds is 4. The molecule has 2 aromatic rings. The van der Waals surface area contributed by atoms with E-state index in [1.807, 2.05) is 6.20 Å². The quantitative estimate of drug-likeness (QED) is 0.839. The third-order valence-corrected chi connectivity index (χ3v) is 2.80. The maximum absolute atomic E-state index is 6.01. The van der Waals surface area contributed by atoms with Crippen molar-refractivity contribution in [1.82, 2.24) is 18.3 Å². The van der Waals surface area contributed by atoms with E-state index in [-0.39, 0.29) is 6.04 Å². The van der Waals surface area contributed by atoms with Gasteiger partial charge in [0.15, 0.2) is 0 Å². The van der Waals surface area contributed by atoms with Crippen molar-refractivity contribution in [1.29, 1.82) is 0 Å². The van der Waals surface area contributed by atoms with Crippen LogP contribution in [-0.4, -0.2) is 18.3 Å². The van der Waals surface area contributed by atoms with E-state index in [2.05, 4.69) is 25.2 Å². The Morgan fingerprint density at radius 3 is 3.13 bits per heavy atom. The monoisotopic (exact) mass is 223 g/mol. The van der Waals surface area contributed by atoms with Gasteiger partial charge in [0.1, 0.15) is 5.82 Å². The van der Waals surface area contributed by atoms with Crippen molar-refractivity contribution in [3.05, 3.63) is 30.1 Å². The fourth-order valence-electron chi connectivity index (χ4n) is 1.45. The lowest BCUT2D eigenvalue weighted by Crippen LogP contribution is -2.16. The van der Waals surface area contributed by atoms with Crippen LogP contribution in [0.5, 0.6) is 0 Å². The largest absolute Gasteiger partial charge is 0.335 e. The molecule has 0 aliphatic rings. The first-order chi connectivity index (χ1) is 7.31. The predicted octanol–water partition coefficient (Wildman–Crippen LogP) is 0.997. The van der Waals surface area contributed by atoms with Crippen molar-refractivity contribution in [2.75, 3.05) is 0 Å². The highest BCUT2D eigenvalue weighted by molar-refractivity contribution is 6.99. The van der Waals surface area contributed by atoms with Crippen LogP contribution >= 0.6 is 11.7 Å². The molecule has 80 valence electrons. The lowest BCUT2D eigenvalue weighted by molar-refractivity contribution is 0.620. The highest BCUT2D eigenvalue weighted by atomic mass is 32.1.